The molecule has 0 aliphatic carbocycles. The van der Waals surface area contributed by atoms with Gasteiger partial charge in [-0.15, -0.1) is 10.2 Å². The molecule has 7 nitrogen and oxygen atoms in total. The number of piperidine rings is 1. The van der Waals surface area contributed by atoms with Crippen molar-refractivity contribution in [3.63, 3.8) is 0 Å². The summed E-state index contributed by atoms with van der Waals surface area (Å²) in [4.78, 5) is 12.5. The van der Waals surface area contributed by atoms with E-state index in [1.54, 1.807) is 12.1 Å². The van der Waals surface area contributed by atoms with Crippen molar-refractivity contribution in [2.75, 3.05) is 18.4 Å². The van der Waals surface area contributed by atoms with E-state index >= 15 is 0 Å². The maximum atomic E-state index is 13.4. The second kappa shape index (κ2) is 9.22. The number of carbonyl (C=O) groups excluding carboxylic acids is 1. The molecule has 2 heterocycles. The smallest absolute Gasteiger partial charge is 0.286 e. The predicted octanol–water partition coefficient (Wildman–Crippen LogP) is 4.46. The molecule has 1 amide bonds. The largest absolute Gasteiger partial charge is 0.320 e. The third-order valence-electron chi connectivity index (χ3n) is 5.21. The van der Waals surface area contributed by atoms with Crippen LogP contribution >= 0.6 is 22.9 Å². The lowest BCUT2D eigenvalue weighted by Crippen LogP contribution is -2.39. The van der Waals surface area contributed by atoms with Gasteiger partial charge >= 0.3 is 0 Å². The van der Waals surface area contributed by atoms with Gasteiger partial charge < -0.3 is 5.32 Å². The van der Waals surface area contributed by atoms with Crippen LogP contribution in [0.15, 0.2) is 47.4 Å². The molecule has 1 fully saturated rings. The zero-order chi connectivity index (χ0) is 22.9. The number of halogens is 2. The topological polar surface area (TPSA) is 92.3 Å². The zero-order valence-electron chi connectivity index (χ0n) is 17.1. The molecule has 4 rings (SSSR count). The van der Waals surface area contributed by atoms with Gasteiger partial charge in [0.1, 0.15) is 10.8 Å². The number of amides is 1. The second-order valence-corrected chi connectivity index (χ2v) is 10.9. The third-order valence-corrected chi connectivity index (χ3v) is 8.44. The van der Waals surface area contributed by atoms with E-state index in [1.165, 1.54) is 10.4 Å². The number of hydrogen-bond acceptors (Lipinski definition) is 6. The van der Waals surface area contributed by atoms with Crippen molar-refractivity contribution in [3.8, 4) is 0 Å². The predicted molar refractivity (Wildman–Crippen MR) is 121 cm³/mol. The van der Waals surface area contributed by atoms with Crippen molar-refractivity contribution >= 4 is 44.6 Å². The first-order valence-electron chi connectivity index (χ1n) is 9.90. The van der Waals surface area contributed by atoms with Crippen LogP contribution in [0.2, 0.25) is 5.02 Å². The van der Waals surface area contributed by atoms with Gasteiger partial charge in [0.2, 0.25) is 15.0 Å². The molecule has 0 spiro atoms. The second-order valence-electron chi connectivity index (χ2n) is 7.54. The highest BCUT2D eigenvalue weighted by Gasteiger charge is 2.33. The van der Waals surface area contributed by atoms with Crippen molar-refractivity contribution in [2.45, 2.75) is 30.6 Å². The SMILES string of the molecule is Cc1ccc(NC(=O)c2nnc([C@@H]3CCCN(S(=O)(=O)c4ccc(F)c(Cl)c4)C3)s2)cc1. The quantitative estimate of drug-likeness (QED) is 0.565. The highest BCUT2D eigenvalue weighted by atomic mass is 35.5. The first-order chi connectivity index (χ1) is 15.2. The highest BCUT2D eigenvalue weighted by molar-refractivity contribution is 7.89. The molecule has 2 aromatic carbocycles. The number of benzene rings is 2. The van der Waals surface area contributed by atoms with E-state index in [2.05, 4.69) is 15.5 Å². The number of sulfonamides is 1. The molecule has 1 aromatic heterocycles. The average molecular weight is 495 g/mol. The minimum atomic E-state index is -3.84. The number of rotatable bonds is 5. The fourth-order valence-electron chi connectivity index (χ4n) is 3.46. The van der Waals surface area contributed by atoms with Crippen LogP contribution in [0.25, 0.3) is 0 Å². The molecule has 11 heteroatoms. The monoisotopic (exact) mass is 494 g/mol. The first kappa shape index (κ1) is 22.8. The Balaban J connectivity index is 1.48. The summed E-state index contributed by atoms with van der Waals surface area (Å²) >= 11 is 6.93. The normalized spacial score (nSPS) is 17.3. The highest BCUT2D eigenvalue weighted by Crippen LogP contribution is 2.32. The van der Waals surface area contributed by atoms with Crippen LogP contribution < -0.4 is 5.32 Å². The summed E-state index contributed by atoms with van der Waals surface area (Å²) in [7, 11) is -3.84. The summed E-state index contributed by atoms with van der Waals surface area (Å²) in [6.07, 6.45) is 1.35. The van der Waals surface area contributed by atoms with Gasteiger partial charge in [-0.05, 0) is 50.1 Å². The van der Waals surface area contributed by atoms with Gasteiger partial charge in [-0.2, -0.15) is 4.31 Å². The molecule has 0 bridgehead atoms. The molecule has 3 aromatic rings. The summed E-state index contributed by atoms with van der Waals surface area (Å²) in [6, 6.07) is 10.8. The van der Waals surface area contributed by atoms with E-state index in [1.807, 2.05) is 19.1 Å². The van der Waals surface area contributed by atoms with E-state index in [0.717, 1.165) is 35.5 Å². The molecule has 1 saturated heterocycles. The van der Waals surface area contributed by atoms with E-state index in [-0.39, 0.29) is 33.3 Å². The van der Waals surface area contributed by atoms with E-state index in [9.17, 15) is 17.6 Å². The Kier molecular flexibility index (Phi) is 6.57. The van der Waals surface area contributed by atoms with Gasteiger partial charge in [-0.25, -0.2) is 12.8 Å². The van der Waals surface area contributed by atoms with E-state index in [0.29, 0.717) is 23.7 Å². The minimum Gasteiger partial charge on any atom is -0.320 e. The molecule has 1 aliphatic heterocycles. The van der Waals surface area contributed by atoms with Gasteiger partial charge in [0.05, 0.1) is 9.92 Å². The zero-order valence-corrected chi connectivity index (χ0v) is 19.5. The van der Waals surface area contributed by atoms with E-state index in [4.69, 9.17) is 11.6 Å². The minimum absolute atomic E-state index is 0.0556. The summed E-state index contributed by atoms with van der Waals surface area (Å²) < 4.78 is 40.8. The molecule has 32 heavy (non-hydrogen) atoms. The lowest BCUT2D eigenvalue weighted by molar-refractivity contribution is 0.102. The van der Waals surface area contributed by atoms with Gasteiger partial charge in [0.25, 0.3) is 5.91 Å². The summed E-state index contributed by atoms with van der Waals surface area (Å²) in [6.45, 7) is 2.50. The fourth-order valence-corrected chi connectivity index (χ4v) is 6.12. The number of hydrogen-bond donors (Lipinski definition) is 1. The Labute approximate surface area is 194 Å². The maximum Gasteiger partial charge on any atom is 0.286 e. The Morgan fingerprint density at radius 2 is 1.97 bits per heavy atom. The number of carbonyl (C=O) groups is 1. The molecule has 1 aliphatic rings. The number of aryl methyl sites for hydroxylation is 1. The molecule has 0 saturated carbocycles. The molecule has 1 N–H and O–H groups in total. The van der Waals surface area contributed by atoms with Crippen LogP contribution in [-0.4, -0.2) is 41.9 Å². The third kappa shape index (κ3) is 4.83. The van der Waals surface area contributed by atoms with Crippen LogP contribution in [0.3, 0.4) is 0 Å². The Morgan fingerprint density at radius 3 is 2.69 bits per heavy atom. The fraction of sp³-hybridized carbons (Fsp3) is 0.286. The standard InChI is InChI=1S/C21H20ClFN4O3S2/c1-13-4-6-15(7-5-13)24-19(28)21-26-25-20(31-21)14-3-2-10-27(12-14)32(29,30)16-8-9-18(23)17(22)11-16/h4-9,11,14H,2-3,10,12H2,1H3,(H,24,28)/t14-/m1/s1. The average Bonchev–Trinajstić information content (AvgIpc) is 3.28. The summed E-state index contributed by atoms with van der Waals surface area (Å²) in [5.41, 5.74) is 1.74. The van der Waals surface area contributed by atoms with Gasteiger partial charge in [0, 0.05) is 24.7 Å². The number of aromatic nitrogens is 2. The molecule has 1 atom stereocenters. The van der Waals surface area contributed by atoms with Crippen LogP contribution in [0.5, 0.6) is 0 Å². The maximum absolute atomic E-state index is 13.4. The van der Waals surface area contributed by atoms with Crippen molar-refractivity contribution in [3.05, 3.63) is 68.9 Å². The molecule has 168 valence electrons. The van der Waals surface area contributed by atoms with E-state index < -0.39 is 15.8 Å². The van der Waals surface area contributed by atoms with Crippen LogP contribution in [0, 0.1) is 12.7 Å². The number of anilines is 1. The van der Waals surface area contributed by atoms with Gasteiger partial charge in [-0.3, -0.25) is 4.79 Å². The van der Waals surface area contributed by atoms with Crippen molar-refractivity contribution in [2.24, 2.45) is 0 Å². The van der Waals surface area contributed by atoms with Crippen LogP contribution in [-0.2, 0) is 10.0 Å². The Bertz CT molecular complexity index is 1250. The lowest BCUT2D eigenvalue weighted by atomic mass is 10.0. The Hall–Kier alpha value is -2.40. The van der Waals surface area contributed by atoms with Crippen LogP contribution in [0.1, 0.15) is 39.1 Å². The number of nitrogens with one attached hydrogen (secondary N) is 1. The first-order valence-corrected chi connectivity index (χ1v) is 12.5. The summed E-state index contributed by atoms with van der Waals surface area (Å²) in [5, 5.41) is 11.5. The lowest BCUT2D eigenvalue weighted by Gasteiger charge is -2.30. The molecular weight excluding hydrogens is 475 g/mol. The van der Waals surface area contributed by atoms with Crippen molar-refractivity contribution < 1.29 is 17.6 Å². The van der Waals surface area contributed by atoms with Gasteiger partial charge in [-0.1, -0.05) is 40.6 Å². The van der Waals surface area contributed by atoms with Crippen molar-refractivity contribution in [1.82, 2.24) is 14.5 Å². The van der Waals surface area contributed by atoms with Gasteiger partial charge in [0.15, 0.2) is 0 Å². The number of nitrogens with zero attached hydrogens (tertiary/aromatic N) is 3. The molecular formula is C21H20ClFN4O3S2. The molecule has 0 unspecified atom stereocenters. The summed E-state index contributed by atoms with van der Waals surface area (Å²) in [5.74, 6) is -1.22. The van der Waals surface area contributed by atoms with Crippen molar-refractivity contribution in [1.29, 1.82) is 0 Å². The molecule has 0 radical (unpaired) electrons. The Morgan fingerprint density at radius 1 is 1.22 bits per heavy atom. The van der Waals surface area contributed by atoms with Crippen LogP contribution in [0.4, 0.5) is 10.1 Å².